The monoisotopic (exact) mass is 256 g/mol. The summed E-state index contributed by atoms with van der Waals surface area (Å²) >= 11 is 0. The third kappa shape index (κ3) is 1.77. The predicted molar refractivity (Wildman–Crippen MR) is 69.1 cm³/mol. The van der Waals surface area contributed by atoms with Gasteiger partial charge in [-0.2, -0.15) is 0 Å². The van der Waals surface area contributed by atoms with Crippen molar-refractivity contribution in [2.24, 2.45) is 7.05 Å². The molecule has 0 aliphatic heterocycles. The lowest BCUT2D eigenvalue weighted by Crippen LogP contribution is -1.98. The third-order valence-corrected chi connectivity index (χ3v) is 3.02. The normalized spacial score (nSPS) is 11.1. The second kappa shape index (κ2) is 3.94. The zero-order valence-corrected chi connectivity index (χ0v) is 10.5. The van der Waals surface area contributed by atoms with E-state index in [4.69, 9.17) is 5.11 Å². The topological polar surface area (TPSA) is 72.4 Å². The molecule has 1 N–H and O–H groups in total. The summed E-state index contributed by atoms with van der Waals surface area (Å²) in [5.74, 6) is 0.204. The first-order valence-corrected chi connectivity index (χ1v) is 5.78. The van der Waals surface area contributed by atoms with Gasteiger partial charge in [0, 0.05) is 12.6 Å². The zero-order chi connectivity index (χ0) is 13.6. The van der Waals surface area contributed by atoms with Gasteiger partial charge in [-0.25, -0.2) is 14.3 Å². The van der Waals surface area contributed by atoms with Crippen LogP contribution in [0.5, 0.6) is 0 Å². The predicted octanol–water partition coefficient (Wildman–Crippen LogP) is 1.74. The molecule has 2 heterocycles. The van der Waals surface area contributed by atoms with Crippen molar-refractivity contribution in [3.8, 4) is 11.4 Å². The minimum absolute atomic E-state index is 0.00597. The minimum Gasteiger partial charge on any atom is -0.476 e. The van der Waals surface area contributed by atoms with Crippen molar-refractivity contribution in [1.29, 1.82) is 0 Å². The molecule has 0 aliphatic rings. The fraction of sp³-hybridized carbons (Fsp3) is 0.154. The average Bonchev–Trinajstić information content (AvgIpc) is 2.91. The van der Waals surface area contributed by atoms with Gasteiger partial charge in [-0.05, 0) is 6.92 Å². The smallest absolute Gasteiger partial charge is 0.356 e. The molecule has 0 unspecified atom stereocenters. The molecule has 3 rings (SSSR count). The van der Waals surface area contributed by atoms with Crippen LogP contribution in [0.25, 0.3) is 17.2 Å². The van der Waals surface area contributed by atoms with E-state index < -0.39 is 5.97 Å². The Morgan fingerprint density at radius 1 is 1.26 bits per heavy atom. The lowest BCUT2D eigenvalue weighted by Gasteiger charge is -2.00. The molecule has 0 saturated carbocycles. The maximum Gasteiger partial charge on any atom is 0.356 e. The first-order chi connectivity index (χ1) is 9.06. The number of benzene rings is 1. The number of carboxylic acids is 1. The lowest BCUT2D eigenvalue weighted by atomic mass is 10.1. The highest BCUT2D eigenvalue weighted by molar-refractivity contribution is 5.85. The van der Waals surface area contributed by atoms with Gasteiger partial charge in [0.1, 0.15) is 0 Å². The molecule has 0 bridgehead atoms. The van der Waals surface area contributed by atoms with Crippen molar-refractivity contribution in [3.05, 3.63) is 41.7 Å². The zero-order valence-electron chi connectivity index (χ0n) is 10.5. The second-order valence-electron chi connectivity index (χ2n) is 4.42. The summed E-state index contributed by atoms with van der Waals surface area (Å²) in [6, 6.07) is 7.98. The molecule has 0 spiro atoms. The first-order valence-electron chi connectivity index (χ1n) is 5.78. The highest BCUT2D eigenvalue weighted by Crippen LogP contribution is 2.19. The van der Waals surface area contributed by atoms with Gasteiger partial charge in [0.05, 0.1) is 6.20 Å². The number of hydrogen-bond donors (Lipinski definition) is 1. The minimum atomic E-state index is -1.05. The fourth-order valence-electron chi connectivity index (χ4n) is 1.98. The number of carbonyl (C=O) groups is 1. The molecule has 0 saturated heterocycles. The molecule has 0 amide bonds. The number of rotatable bonds is 2. The Kier molecular flexibility index (Phi) is 2.38. The van der Waals surface area contributed by atoms with Crippen LogP contribution in [0, 0.1) is 6.92 Å². The van der Waals surface area contributed by atoms with Gasteiger partial charge in [-0.1, -0.05) is 29.8 Å². The number of aryl methyl sites for hydroxylation is 2. The van der Waals surface area contributed by atoms with Gasteiger partial charge in [0.25, 0.3) is 0 Å². The molecule has 2 aromatic heterocycles. The molecular weight excluding hydrogens is 244 g/mol. The number of hydrogen-bond acceptors (Lipinski definition) is 3. The summed E-state index contributed by atoms with van der Waals surface area (Å²) in [6.45, 7) is 2.02. The fourth-order valence-corrected chi connectivity index (χ4v) is 1.98. The number of fused-ring (bicyclic) bond motifs is 1. The first kappa shape index (κ1) is 11.5. The standard InChI is InChI=1S/C13H12N4O2/c1-8-3-5-9(6-4-8)11-15-17-7-10(12(18)19)14-13(17)16(11)2/h3-7H,1-2H3,(H,18,19). The van der Waals surface area contributed by atoms with E-state index >= 15 is 0 Å². The molecular formula is C13H12N4O2. The van der Waals surface area contributed by atoms with Crippen LogP contribution < -0.4 is 0 Å². The molecule has 96 valence electrons. The SMILES string of the molecule is Cc1ccc(-c2nn3cc(C(=O)O)nc3n2C)cc1. The molecule has 19 heavy (non-hydrogen) atoms. The number of aromatic nitrogens is 4. The van der Waals surface area contributed by atoms with Gasteiger partial charge in [0.15, 0.2) is 11.5 Å². The molecule has 0 aliphatic carbocycles. The molecule has 6 heteroatoms. The van der Waals surface area contributed by atoms with Crippen LogP contribution in [0.1, 0.15) is 16.1 Å². The third-order valence-electron chi connectivity index (χ3n) is 3.02. The van der Waals surface area contributed by atoms with Crippen LogP contribution in [-0.4, -0.2) is 30.2 Å². The Morgan fingerprint density at radius 2 is 1.95 bits per heavy atom. The van der Waals surface area contributed by atoms with E-state index in [1.165, 1.54) is 16.3 Å². The van der Waals surface area contributed by atoms with E-state index in [0.29, 0.717) is 5.78 Å². The van der Waals surface area contributed by atoms with Crippen LogP contribution in [-0.2, 0) is 7.05 Å². The summed E-state index contributed by atoms with van der Waals surface area (Å²) in [7, 11) is 1.82. The van der Waals surface area contributed by atoms with Crippen LogP contribution in [0.2, 0.25) is 0 Å². The van der Waals surface area contributed by atoms with E-state index in [0.717, 1.165) is 11.4 Å². The van der Waals surface area contributed by atoms with Crippen molar-refractivity contribution >= 4 is 11.7 Å². The number of imidazole rings is 1. The number of nitrogens with zero attached hydrogens (tertiary/aromatic N) is 4. The van der Waals surface area contributed by atoms with E-state index in [2.05, 4.69) is 10.1 Å². The van der Waals surface area contributed by atoms with Crippen LogP contribution in [0.15, 0.2) is 30.5 Å². The molecule has 0 fully saturated rings. The number of aromatic carboxylic acids is 1. The summed E-state index contributed by atoms with van der Waals surface area (Å²) in [4.78, 5) is 14.9. The summed E-state index contributed by atoms with van der Waals surface area (Å²) in [6.07, 6.45) is 1.41. The van der Waals surface area contributed by atoms with Gasteiger partial charge in [0.2, 0.25) is 5.78 Å². The van der Waals surface area contributed by atoms with Crippen molar-refractivity contribution < 1.29 is 9.90 Å². The average molecular weight is 256 g/mol. The largest absolute Gasteiger partial charge is 0.476 e. The van der Waals surface area contributed by atoms with E-state index in [9.17, 15) is 4.79 Å². The van der Waals surface area contributed by atoms with Gasteiger partial charge < -0.3 is 5.11 Å². The maximum absolute atomic E-state index is 10.9. The van der Waals surface area contributed by atoms with Gasteiger partial charge in [-0.3, -0.25) is 4.57 Å². The molecule has 1 aromatic carbocycles. The van der Waals surface area contributed by atoms with E-state index in [1.807, 2.05) is 38.2 Å². The van der Waals surface area contributed by atoms with Gasteiger partial charge in [-0.15, -0.1) is 5.10 Å². The van der Waals surface area contributed by atoms with Crippen molar-refractivity contribution in [3.63, 3.8) is 0 Å². The quantitative estimate of drug-likeness (QED) is 0.758. The molecule has 3 aromatic rings. The number of carboxylic acid groups (broad SMARTS) is 1. The Bertz CT molecular complexity index is 768. The molecule has 0 radical (unpaired) electrons. The van der Waals surface area contributed by atoms with Crippen molar-refractivity contribution in [1.82, 2.24) is 19.2 Å². The molecule has 6 nitrogen and oxygen atoms in total. The summed E-state index contributed by atoms with van der Waals surface area (Å²) in [5, 5.41) is 13.3. The summed E-state index contributed by atoms with van der Waals surface area (Å²) in [5.41, 5.74) is 2.14. The highest BCUT2D eigenvalue weighted by Gasteiger charge is 2.15. The maximum atomic E-state index is 10.9. The Balaban J connectivity index is 2.15. The molecule has 0 atom stereocenters. The van der Waals surface area contributed by atoms with Crippen LogP contribution in [0.3, 0.4) is 0 Å². The summed E-state index contributed by atoms with van der Waals surface area (Å²) < 4.78 is 3.26. The van der Waals surface area contributed by atoms with E-state index in [-0.39, 0.29) is 5.69 Å². The van der Waals surface area contributed by atoms with E-state index in [1.54, 1.807) is 4.57 Å². The Hall–Kier alpha value is -2.63. The van der Waals surface area contributed by atoms with Crippen molar-refractivity contribution in [2.75, 3.05) is 0 Å². The highest BCUT2D eigenvalue weighted by atomic mass is 16.4. The lowest BCUT2D eigenvalue weighted by molar-refractivity contribution is 0.0691. The second-order valence-corrected chi connectivity index (χ2v) is 4.42. The van der Waals surface area contributed by atoms with Crippen LogP contribution >= 0.6 is 0 Å². The Labute approximate surface area is 108 Å². The van der Waals surface area contributed by atoms with Crippen LogP contribution in [0.4, 0.5) is 0 Å². The van der Waals surface area contributed by atoms with Crippen molar-refractivity contribution in [2.45, 2.75) is 6.92 Å². The van der Waals surface area contributed by atoms with Gasteiger partial charge >= 0.3 is 5.97 Å². The Morgan fingerprint density at radius 3 is 2.53 bits per heavy atom.